The maximum atomic E-state index is 6.53. The van der Waals surface area contributed by atoms with Gasteiger partial charge in [0.2, 0.25) is 0 Å². The van der Waals surface area contributed by atoms with Crippen molar-refractivity contribution in [2.75, 3.05) is 7.11 Å². The molecule has 0 aliphatic heterocycles. The van der Waals surface area contributed by atoms with Gasteiger partial charge in [0.25, 0.3) is 0 Å². The minimum Gasteiger partial charge on any atom is -0.493 e. The van der Waals surface area contributed by atoms with Crippen molar-refractivity contribution in [2.45, 2.75) is 6.61 Å². The Balaban J connectivity index is 1.41. The predicted molar refractivity (Wildman–Crippen MR) is 144 cm³/mol. The lowest BCUT2D eigenvalue weighted by Crippen LogP contribution is -1.99. The summed E-state index contributed by atoms with van der Waals surface area (Å²) < 4.78 is 18.3. The molecule has 180 valence electrons. The van der Waals surface area contributed by atoms with Gasteiger partial charge in [-0.05, 0) is 35.9 Å². The lowest BCUT2D eigenvalue weighted by atomic mass is 10.1. The number of fused-ring (bicyclic) bond motifs is 2. The molecule has 0 aliphatic rings. The van der Waals surface area contributed by atoms with Crippen molar-refractivity contribution in [2.24, 2.45) is 0 Å². The minimum absolute atomic E-state index is 0.427. The zero-order valence-corrected chi connectivity index (χ0v) is 20.2. The zero-order chi connectivity index (χ0) is 25.0. The Bertz CT molecular complexity index is 1690. The number of methoxy groups -OCH3 is 1. The Morgan fingerprint density at radius 1 is 0.676 bits per heavy atom. The van der Waals surface area contributed by atoms with Gasteiger partial charge in [0, 0.05) is 34.8 Å². The highest BCUT2D eigenvalue weighted by molar-refractivity contribution is 5.89. The van der Waals surface area contributed by atoms with Crippen LogP contribution in [0.25, 0.3) is 33.2 Å². The summed E-state index contributed by atoms with van der Waals surface area (Å²) in [5, 5.41) is 1.70. The lowest BCUT2D eigenvalue weighted by Gasteiger charge is -2.15. The lowest BCUT2D eigenvalue weighted by molar-refractivity contribution is 0.285. The number of aromatic nitrogens is 3. The first-order chi connectivity index (χ1) is 18.3. The van der Waals surface area contributed by atoms with E-state index in [9.17, 15) is 0 Å². The van der Waals surface area contributed by atoms with Crippen LogP contribution in [-0.2, 0) is 6.61 Å². The Morgan fingerprint density at radius 3 is 2.30 bits per heavy atom. The fourth-order valence-corrected chi connectivity index (χ4v) is 4.21. The molecular weight excluding hydrogens is 462 g/mol. The van der Waals surface area contributed by atoms with Gasteiger partial charge in [0.05, 0.1) is 12.6 Å². The molecule has 6 heteroatoms. The van der Waals surface area contributed by atoms with Crippen LogP contribution < -0.4 is 14.2 Å². The number of pyridine rings is 3. The van der Waals surface area contributed by atoms with E-state index in [0.717, 1.165) is 27.4 Å². The number of benzene rings is 3. The summed E-state index contributed by atoms with van der Waals surface area (Å²) in [6.45, 7) is 0.427. The van der Waals surface area contributed by atoms with E-state index < -0.39 is 0 Å². The first-order valence-corrected chi connectivity index (χ1v) is 11.9. The minimum atomic E-state index is 0.427. The number of hydrogen-bond donors (Lipinski definition) is 0. The van der Waals surface area contributed by atoms with E-state index in [2.05, 4.69) is 9.97 Å². The highest BCUT2D eigenvalue weighted by Crippen LogP contribution is 2.40. The Labute approximate surface area is 214 Å². The van der Waals surface area contributed by atoms with Gasteiger partial charge in [0.1, 0.15) is 18.1 Å². The van der Waals surface area contributed by atoms with Crippen molar-refractivity contribution in [1.29, 1.82) is 0 Å². The van der Waals surface area contributed by atoms with Crippen molar-refractivity contribution in [1.82, 2.24) is 15.0 Å². The molecule has 0 bridgehead atoms. The monoisotopic (exact) mass is 485 g/mol. The first-order valence-electron chi connectivity index (χ1n) is 11.9. The van der Waals surface area contributed by atoms with Crippen LogP contribution in [0.15, 0.2) is 109 Å². The van der Waals surface area contributed by atoms with Gasteiger partial charge in [-0.15, -0.1) is 0 Å². The van der Waals surface area contributed by atoms with Crippen molar-refractivity contribution in [3.63, 3.8) is 0 Å². The van der Waals surface area contributed by atoms with Crippen molar-refractivity contribution >= 4 is 21.9 Å². The fraction of sp³-hybridized carbons (Fsp3) is 0.0645. The van der Waals surface area contributed by atoms with Crippen LogP contribution in [0, 0.1) is 0 Å². The van der Waals surface area contributed by atoms with Crippen molar-refractivity contribution < 1.29 is 14.2 Å². The van der Waals surface area contributed by atoms with Gasteiger partial charge in [-0.3, -0.25) is 4.98 Å². The molecular formula is C31H23N3O3. The summed E-state index contributed by atoms with van der Waals surface area (Å²) in [6, 6.07) is 31.4. The quantitative estimate of drug-likeness (QED) is 0.238. The molecule has 3 aromatic carbocycles. The highest BCUT2D eigenvalue weighted by atomic mass is 16.5. The van der Waals surface area contributed by atoms with Crippen molar-refractivity contribution in [3.05, 3.63) is 115 Å². The van der Waals surface area contributed by atoms with E-state index in [0.29, 0.717) is 40.9 Å². The second kappa shape index (κ2) is 9.95. The number of hydrogen-bond acceptors (Lipinski definition) is 6. The normalized spacial score (nSPS) is 10.9. The third-order valence-corrected chi connectivity index (χ3v) is 6.05. The largest absolute Gasteiger partial charge is 0.493 e. The van der Waals surface area contributed by atoms with Crippen LogP contribution in [-0.4, -0.2) is 22.1 Å². The fourth-order valence-electron chi connectivity index (χ4n) is 4.21. The molecule has 0 fully saturated rings. The van der Waals surface area contributed by atoms with Gasteiger partial charge in [0.15, 0.2) is 22.9 Å². The Morgan fingerprint density at radius 2 is 1.49 bits per heavy atom. The average Bonchev–Trinajstić information content (AvgIpc) is 2.96. The third-order valence-electron chi connectivity index (χ3n) is 6.05. The van der Waals surface area contributed by atoms with Crippen molar-refractivity contribution in [3.8, 4) is 34.3 Å². The van der Waals surface area contributed by atoms with Crippen LogP contribution in [0.3, 0.4) is 0 Å². The molecule has 6 aromatic rings. The Hall–Kier alpha value is -4.97. The summed E-state index contributed by atoms with van der Waals surface area (Å²) >= 11 is 0. The van der Waals surface area contributed by atoms with E-state index in [1.165, 1.54) is 0 Å². The summed E-state index contributed by atoms with van der Waals surface area (Å²) in [5.74, 6) is 2.49. The molecule has 0 saturated heterocycles. The topological polar surface area (TPSA) is 66.4 Å². The molecule has 0 atom stereocenters. The molecule has 0 aliphatic carbocycles. The summed E-state index contributed by atoms with van der Waals surface area (Å²) in [7, 11) is 1.63. The van der Waals surface area contributed by atoms with Crippen LogP contribution in [0.5, 0.6) is 23.0 Å². The number of rotatable bonds is 7. The standard InChI is InChI=1S/C31H23N3O3/c1-35-27-18-24-25(19-28(27)36-20-21-9-4-2-5-10-21)32-16-14-26(24)37-29-17-23-13-8-15-33-31(23)34-30(29)22-11-6-3-7-12-22/h2-19H,20H2,1H3. The van der Waals surface area contributed by atoms with Gasteiger partial charge >= 0.3 is 0 Å². The smallest absolute Gasteiger partial charge is 0.163 e. The van der Waals surface area contributed by atoms with Gasteiger partial charge < -0.3 is 14.2 Å². The molecule has 3 aromatic heterocycles. The molecule has 6 nitrogen and oxygen atoms in total. The first kappa shape index (κ1) is 22.5. The van der Waals surface area contributed by atoms with Crippen LogP contribution in [0.4, 0.5) is 0 Å². The highest BCUT2D eigenvalue weighted by Gasteiger charge is 2.16. The van der Waals surface area contributed by atoms with Crippen LogP contribution in [0.1, 0.15) is 5.56 Å². The van der Waals surface area contributed by atoms with E-state index >= 15 is 0 Å². The zero-order valence-electron chi connectivity index (χ0n) is 20.2. The molecule has 0 N–H and O–H groups in total. The van der Waals surface area contributed by atoms with E-state index in [4.69, 9.17) is 19.2 Å². The second-order valence-corrected chi connectivity index (χ2v) is 8.46. The summed E-state index contributed by atoms with van der Waals surface area (Å²) in [6.07, 6.45) is 3.47. The number of ether oxygens (including phenoxy) is 3. The van der Waals surface area contributed by atoms with Gasteiger partial charge in [-0.2, -0.15) is 0 Å². The third kappa shape index (κ3) is 4.65. The van der Waals surface area contributed by atoms with E-state index in [1.54, 1.807) is 19.5 Å². The summed E-state index contributed by atoms with van der Waals surface area (Å²) in [4.78, 5) is 13.8. The molecule has 0 radical (unpaired) electrons. The van der Waals surface area contributed by atoms with Crippen LogP contribution in [0.2, 0.25) is 0 Å². The maximum Gasteiger partial charge on any atom is 0.163 e. The molecule has 0 saturated carbocycles. The summed E-state index contributed by atoms with van der Waals surface area (Å²) in [5.41, 5.74) is 4.12. The molecule has 0 amide bonds. The van der Waals surface area contributed by atoms with E-state index in [1.807, 2.05) is 97.1 Å². The predicted octanol–water partition coefficient (Wildman–Crippen LogP) is 7.22. The maximum absolute atomic E-state index is 6.53. The van der Waals surface area contributed by atoms with E-state index in [-0.39, 0.29) is 0 Å². The average molecular weight is 486 g/mol. The molecule has 37 heavy (non-hydrogen) atoms. The second-order valence-electron chi connectivity index (χ2n) is 8.46. The molecule has 3 heterocycles. The molecule has 0 spiro atoms. The molecule has 0 unspecified atom stereocenters. The van der Waals surface area contributed by atoms with Crippen LogP contribution >= 0.6 is 0 Å². The SMILES string of the molecule is COc1cc2c(Oc3cc4cccnc4nc3-c3ccccc3)ccnc2cc1OCc1ccccc1. The van der Waals surface area contributed by atoms with Gasteiger partial charge in [-0.1, -0.05) is 60.7 Å². The number of nitrogens with zero attached hydrogens (tertiary/aromatic N) is 3. The Kier molecular flexibility index (Phi) is 6.05. The van der Waals surface area contributed by atoms with Gasteiger partial charge in [-0.25, -0.2) is 9.97 Å². The molecule has 6 rings (SSSR count).